The summed E-state index contributed by atoms with van der Waals surface area (Å²) in [5, 5.41) is 0. The summed E-state index contributed by atoms with van der Waals surface area (Å²) in [7, 11) is 0. The predicted octanol–water partition coefficient (Wildman–Crippen LogP) is 1.63. The van der Waals surface area contributed by atoms with E-state index in [4.69, 9.17) is 5.73 Å². The molecule has 0 amide bonds. The standard InChI is InChI=1S/C7H17N/c1-5(2)6(3)7(4)8/h5-7H,8H2,1-4H3/t6-,7-/m0/s1. The molecule has 50 valence electrons. The van der Waals surface area contributed by atoms with Crippen LogP contribution >= 0.6 is 0 Å². The highest BCUT2D eigenvalue weighted by atomic mass is 14.6. The Hall–Kier alpha value is -0.0400. The molecule has 1 heteroatoms. The lowest BCUT2D eigenvalue weighted by molar-refractivity contribution is 0.362. The van der Waals surface area contributed by atoms with Crippen LogP contribution in [0, 0.1) is 11.8 Å². The molecule has 0 radical (unpaired) electrons. The van der Waals surface area contributed by atoms with E-state index >= 15 is 0 Å². The van der Waals surface area contributed by atoms with E-state index in [0.717, 1.165) is 5.92 Å². The van der Waals surface area contributed by atoms with E-state index < -0.39 is 0 Å². The van der Waals surface area contributed by atoms with Gasteiger partial charge in [-0.1, -0.05) is 20.8 Å². The van der Waals surface area contributed by atoms with Crippen molar-refractivity contribution in [3.05, 3.63) is 0 Å². The van der Waals surface area contributed by atoms with Crippen LogP contribution in [-0.4, -0.2) is 6.04 Å². The first-order valence-electron chi connectivity index (χ1n) is 3.31. The second-order valence-electron chi connectivity index (χ2n) is 2.96. The zero-order chi connectivity index (χ0) is 6.73. The van der Waals surface area contributed by atoms with Crippen LogP contribution in [0.2, 0.25) is 0 Å². The zero-order valence-corrected chi connectivity index (χ0v) is 6.31. The summed E-state index contributed by atoms with van der Waals surface area (Å²) < 4.78 is 0. The van der Waals surface area contributed by atoms with Crippen LogP contribution in [0.4, 0.5) is 0 Å². The fourth-order valence-corrected chi connectivity index (χ4v) is 0.607. The highest BCUT2D eigenvalue weighted by Gasteiger charge is 2.10. The topological polar surface area (TPSA) is 26.0 Å². The van der Waals surface area contributed by atoms with Crippen LogP contribution in [0.15, 0.2) is 0 Å². The largest absolute Gasteiger partial charge is 0.328 e. The molecule has 0 aliphatic rings. The SMILES string of the molecule is CC(C)[C@H](C)[C@H](C)N. The summed E-state index contributed by atoms with van der Waals surface area (Å²) in [4.78, 5) is 0. The monoisotopic (exact) mass is 115 g/mol. The van der Waals surface area contributed by atoms with Crippen LogP contribution in [0.3, 0.4) is 0 Å². The minimum atomic E-state index is 0.343. The Morgan fingerprint density at radius 3 is 1.38 bits per heavy atom. The molecule has 0 bridgehead atoms. The van der Waals surface area contributed by atoms with Crippen molar-refractivity contribution in [3.8, 4) is 0 Å². The van der Waals surface area contributed by atoms with Crippen molar-refractivity contribution in [1.29, 1.82) is 0 Å². The fourth-order valence-electron chi connectivity index (χ4n) is 0.607. The van der Waals surface area contributed by atoms with Gasteiger partial charge in [0.05, 0.1) is 0 Å². The molecule has 0 aliphatic carbocycles. The van der Waals surface area contributed by atoms with Crippen LogP contribution < -0.4 is 5.73 Å². The van der Waals surface area contributed by atoms with E-state index in [0.29, 0.717) is 12.0 Å². The van der Waals surface area contributed by atoms with E-state index in [1.54, 1.807) is 0 Å². The molecule has 0 aliphatic heterocycles. The first-order valence-corrected chi connectivity index (χ1v) is 3.31. The molecule has 0 aromatic rings. The van der Waals surface area contributed by atoms with E-state index in [1.165, 1.54) is 0 Å². The Morgan fingerprint density at radius 1 is 1.00 bits per heavy atom. The minimum Gasteiger partial charge on any atom is -0.328 e. The molecule has 0 rings (SSSR count). The lowest BCUT2D eigenvalue weighted by Crippen LogP contribution is -2.27. The van der Waals surface area contributed by atoms with Gasteiger partial charge in [-0.05, 0) is 18.8 Å². The first-order chi connectivity index (χ1) is 3.55. The van der Waals surface area contributed by atoms with E-state index in [9.17, 15) is 0 Å². The van der Waals surface area contributed by atoms with Crippen molar-refractivity contribution in [3.63, 3.8) is 0 Å². The molecule has 0 heterocycles. The second-order valence-corrected chi connectivity index (χ2v) is 2.96. The molecule has 0 aromatic heterocycles. The van der Waals surface area contributed by atoms with Gasteiger partial charge >= 0.3 is 0 Å². The molecule has 0 saturated carbocycles. The first kappa shape index (κ1) is 7.96. The molecular formula is C7H17N. The third kappa shape index (κ3) is 2.31. The molecule has 1 nitrogen and oxygen atoms in total. The molecule has 8 heavy (non-hydrogen) atoms. The number of nitrogens with two attached hydrogens (primary N) is 1. The highest BCUT2D eigenvalue weighted by Crippen LogP contribution is 2.11. The molecule has 0 aromatic carbocycles. The van der Waals surface area contributed by atoms with Gasteiger partial charge in [0.25, 0.3) is 0 Å². The average Bonchev–Trinajstić information content (AvgIpc) is 1.64. The Balaban J connectivity index is 3.46. The van der Waals surface area contributed by atoms with Crippen LogP contribution in [0.25, 0.3) is 0 Å². The van der Waals surface area contributed by atoms with Crippen molar-refractivity contribution in [2.24, 2.45) is 17.6 Å². The molecule has 0 spiro atoms. The smallest absolute Gasteiger partial charge is 0.00385 e. The van der Waals surface area contributed by atoms with Gasteiger partial charge in [-0.2, -0.15) is 0 Å². The lowest BCUT2D eigenvalue weighted by atomic mass is 9.92. The van der Waals surface area contributed by atoms with Crippen molar-refractivity contribution in [2.45, 2.75) is 33.7 Å². The summed E-state index contributed by atoms with van der Waals surface area (Å²) in [5.74, 6) is 1.37. The van der Waals surface area contributed by atoms with Crippen LogP contribution in [-0.2, 0) is 0 Å². The normalized spacial score (nSPS) is 18.8. The Morgan fingerprint density at radius 2 is 1.38 bits per heavy atom. The maximum absolute atomic E-state index is 5.64. The van der Waals surface area contributed by atoms with Crippen molar-refractivity contribution in [1.82, 2.24) is 0 Å². The highest BCUT2D eigenvalue weighted by molar-refractivity contribution is 4.65. The van der Waals surface area contributed by atoms with Crippen molar-refractivity contribution >= 4 is 0 Å². The maximum atomic E-state index is 5.64. The van der Waals surface area contributed by atoms with Gasteiger partial charge in [-0.25, -0.2) is 0 Å². The molecule has 2 N–H and O–H groups in total. The number of hydrogen-bond donors (Lipinski definition) is 1. The maximum Gasteiger partial charge on any atom is 0.00385 e. The van der Waals surface area contributed by atoms with Gasteiger partial charge in [0.1, 0.15) is 0 Å². The van der Waals surface area contributed by atoms with Gasteiger partial charge in [-0.15, -0.1) is 0 Å². The third-order valence-corrected chi connectivity index (χ3v) is 1.88. The molecule has 0 fully saturated rings. The molecular weight excluding hydrogens is 98.1 g/mol. The summed E-state index contributed by atoms with van der Waals surface area (Å²) in [5.41, 5.74) is 5.64. The Labute approximate surface area is 52.3 Å². The summed E-state index contributed by atoms with van der Waals surface area (Å²) in [6.07, 6.45) is 0. The Bertz CT molecular complexity index is 49.4. The van der Waals surface area contributed by atoms with Crippen LogP contribution in [0.1, 0.15) is 27.7 Å². The number of hydrogen-bond acceptors (Lipinski definition) is 1. The van der Waals surface area contributed by atoms with E-state index in [2.05, 4.69) is 27.7 Å². The van der Waals surface area contributed by atoms with Gasteiger partial charge in [-0.3, -0.25) is 0 Å². The molecule has 2 atom stereocenters. The zero-order valence-electron chi connectivity index (χ0n) is 6.31. The summed E-state index contributed by atoms with van der Waals surface area (Å²) in [6.45, 7) is 8.65. The summed E-state index contributed by atoms with van der Waals surface area (Å²) >= 11 is 0. The van der Waals surface area contributed by atoms with E-state index in [1.807, 2.05) is 0 Å². The minimum absolute atomic E-state index is 0.343. The Kier molecular flexibility index (Phi) is 3.06. The average molecular weight is 115 g/mol. The quantitative estimate of drug-likeness (QED) is 0.581. The van der Waals surface area contributed by atoms with Gasteiger partial charge in [0.15, 0.2) is 0 Å². The fraction of sp³-hybridized carbons (Fsp3) is 1.00. The van der Waals surface area contributed by atoms with Gasteiger partial charge in [0, 0.05) is 6.04 Å². The second kappa shape index (κ2) is 3.08. The van der Waals surface area contributed by atoms with E-state index in [-0.39, 0.29) is 0 Å². The summed E-state index contributed by atoms with van der Waals surface area (Å²) in [6, 6.07) is 0.343. The van der Waals surface area contributed by atoms with Gasteiger partial charge < -0.3 is 5.73 Å². The van der Waals surface area contributed by atoms with Crippen molar-refractivity contribution in [2.75, 3.05) is 0 Å². The molecule has 0 unspecified atom stereocenters. The third-order valence-electron chi connectivity index (χ3n) is 1.88. The lowest BCUT2D eigenvalue weighted by Gasteiger charge is -2.18. The van der Waals surface area contributed by atoms with Crippen LogP contribution in [0.5, 0.6) is 0 Å². The predicted molar refractivity (Wildman–Crippen MR) is 37.7 cm³/mol. The molecule has 0 saturated heterocycles. The van der Waals surface area contributed by atoms with Crippen molar-refractivity contribution < 1.29 is 0 Å². The number of rotatable bonds is 2. The van der Waals surface area contributed by atoms with Gasteiger partial charge in [0.2, 0.25) is 0 Å².